The Morgan fingerprint density at radius 3 is 2.80 bits per heavy atom. The number of ether oxygens (including phenoxy) is 1. The molecule has 2 atom stereocenters. The number of hydrogen-bond donors (Lipinski definition) is 2. The molecular weight excluding hydrogens is 427 g/mol. The van der Waals surface area contributed by atoms with Gasteiger partial charge in [0.15, 0.2) is 5.96 Å². The van der Waals surface area contributed by atoms with E-state index in [2.05, 4.69) is 57.8 Å². The lowest BCUT2D eigenvalue weighted by Gasteiger charge is -2.25. The van der Waals surface area contributed by atoms with Gasteiger partial charge in [-0.25, -0.2) is 0 Å². The quantitative estimate of drug-likeness (QED) is 0.405. The Kier molecular flexibility index (Phi) is 7.81. The van der Waals surface area contributed by atoms with Crippen molar-refractivity contribution in [3.8, 4) is 0 Å². The van der Waals surface area contributed by atoms with Crippen LogP contribution in [0.15, 0.2) is 35.3 Å². The molecule has 2 N–H and O–H groups in total. The van der Waals surface area contributed by atoms with Crippen LogP contribution < -0.4 is 15.5 Å². The van der Waals surface area contributed by atoms with Crippen molar-refractivity contribution in [2.24, 2.45) is 10.9 Å². The van der Waals surface area contributed by atoms with Crippen molar-refractivity contribution in [1.29, 1.82) is 0 Å². The average molecular weight is 458 g/mol. The first kappa shape index (κ1) is 20.3. The van der Waals surface area contributed by atoms with Crippen molar-refractivity contribution >= 4 is 35.6 Å². The Morgan fingerprint density at radius 1 is 1.32 bits per heavy atom. The highest BCUT2D eigenvalue weighted by Crippen LogP contribution is 2.24. The van der Waals surface area contributed by atoms with Crippen LogP contribution in [-0.4, -0.2) is 51.4 Å². The third-order valence-electron chi connectivity index (χ3n) is 5.12. The van der Waals surface area contributed by atoms with E-state index in [-0.39, 0.29) is 29.6 Å². The van der Waals surface area contributed by atoms with E-state index in [1.54, 1.807) is 0 Å². The molecule has 2 aliphatic heterocycles. The van der Waals surface area contributed by atoms with Gasteiger partial charge in [0.05, 0.1) is 5.60 Å². The van der Waals surface area contributed by atoms with Crippen LogP contribution in [0, 0.1) is 5.92 Å². The lowest BCUT2D eigenvalue weighted by Crippen LogP contribution is -2.46. The molecule has 6 heteroatoms. The number of guanidine groups is 1. The maximum absolute atomic E-state index is 5.82. The second kappa shape index (κ2) is 9.62. The van der Waals surface area contributed by atoms with Crippen LogP contribution >= 0.6 is 24.0 Å². The van der Waals surface area contributed by atoms with Gasteiger partial charge >= 0.3 is 0 Å². The first-order valence-corrected chi connectivity index (χ1v) is 9.07. The van der Waals surface area contributed by atoms with Gasteiger partial charge in [0.25, 0.3) is 0 Å². The molecule has 3 rings (SSSR count). The third-order valence-corrected chi connectivity index (χ3v) is 5.12. The summed E-state index contributed by atoms with van der Waals surface area (Å²) in [4.78, 5) is 6.81. The average Bonchev–Trinajstić information content (AvgIpc) is 3.26. The summed E-state index contributed by atoms with van der Waals surface area (Å²) in [6.45, 7) is 7.06. The van der Waals surface area contributed by atoms with E-state index in [9.17, 15) is 0 Å². The van der Waals surface area contributed by atoms with E-state index in [0.29, 0.717) is 5.92 Å². The Morgan fingerprint density at radius 2 is 2.12 bits per heavy atom. The standard InChI is InChI=1S/C19H30N4O.HI/c1-19(10-6-12-24-19)15-22-18(20-2)21-13-16-9-11-23(14-16)17-7-4-3-5-8-17;/h3-5,7-8,16H,6,9-15H2,1-2H3,(H2,20,21,22);1H. The van der Waals surface area contributed by atoms with Gasteiger partial charge in [-0.1, -0.05) is 18.2 Å². The fraction of sp³-hybridized carbons (Fsp3) is 0.632. The van der Waals surface area contributed by atoms with E-state index in [1.807, 2.05) is 7.05 Å². The number of nitrogens with one attached hydrogen (secondary N) is 2. The summed E-state index contributed by atoms with van der Waals surface area (Å²) in [7, 11) is 1.83. The van der Waals surface area contributed by atoms with Crippen LogP contribution in [-0.2, 0) is 4.74 Å². The summed E-state index contributed by atoms with van der Waals surface area (Å²) in [6.07, 6.45) is 3.49. The molecule has 0 amide bonds. The van der Waals surface area contributed by atoms with Gasteiger partial charge in [0.2, 0.25) is 0 Å². The monoisotopic (exact) mass is 458 g/mol. The van der Waals surface area contributed by atoms with E-state index in [0.717, 1.165) is 51.6 Å². The lowest BCUT2D eigenvalue weighted by molar-refractivity contribution is 0.0243. The summed E-state index contributed by atoms with van der Waals surface area (Å²) < 4.78 is 5.82. The molecule has 1 aromatic carbocycles. The van der Waals surface area contributed by atoms with Crippen molar-refractivity contribution in [1.82, 2.24) is 10.6 Å². The maximum atomic E-state index is 5.82. The molecule has 2 fully saturated rings. The fourth-order valence-corrected chi connectivity index (χ4v) is 3.58. The number of rotatable bonds is 5. The molecule has 0 aromatic heterocycles. The fourth-order valence-electron chi connectivity index (χ4n) is 3.58. The van der Waals surface area contributed by atoms with Gasteiger partial charge in [0, 0.05) is 45.5 Å². The highest BCUT2D eigenvalue weighted by molar-refractivity contribution is 14.0. The van der Waals surface area contributed by atoms with E-state index in [4.69, 9.17) is 4.74 Å². The van der Waals surface area contributed by atoms with Crippen molar-refractivity contribution in [3.05, 3.63) is 30.3 Å². The molecule has 2 heterocycles. The summed E-state index contributed by atoms with van der Waals surface area (Å²) >= 11 is 0. The van der Waals surface area contributed by atoms with Crippen LogP contribution in [0.3, 0.4) is 0 Å². The molecule has 0 saturated carbocycles. The van der Waals surface area contributed by atoms with Gasteiger partial charge < -0.3 is 20.3 Å². The molecule has 2 saturated heterocycles. The molecular formula is C19H31IN4O. The zero-order chi connectivity index (χ0) is 16.8. The molecule has 0 aliphatic carbocycles. The van der Waals surface area contributed by atoms with Gasteiger partial charge in [0.1, 0.15) is 0 Å². The molecule has 2 aliphatic rings. The molecule has 0 radical (unpaired) electrons. The largest absolute Gasteiger partial charge is 0.373 e. The Hall–Kier alpha value is -1.02. The van der Waals surface area contributed by atoms with Gasteiger partial charge in [-0.3, -0.25) is 4.99 Å². The number of anilines is 1. The summed E-state index contributed by atoms with van der Waals surface area (Å²) in [5, 5.41) is 6.90. The van der Waals surface area contributed by atoms with E-state index in [1.165, 1.54) is 12.1 Å². The van der Waals surface area contributed by atoms with Crippen molar-refractivity contribution in [2.45, 2.75) is 31.8 Å². The molecule has 0 spiro atoms. The van der Waals surface area contributed by atoms with Crippen LogP contribution in [0.4, 0.5) is 5.69 Å². The van der Waals surface area contributed by atoms with Crippen molar-refractivity contribution in [2.75, 3.05) is 44.7 Å². The normalized spacial score (nSPS) is 26.4. The Bertz CT molecular complexity index is 546. The number of nitrogens with zero attached hydrogens (tertiary/aromatic N) is 2. The Balaban J connectivity index is 0.00000225. The number of halogens is 1. The second-order valence-electron chi connectivity index (χ2n) is 7.14. The van der Waals surface area contributed by atoms with Gasteiger partial charge in [-0.2, -0.15) is 0 Å². The molecule has 2 unspecified atom stereocenters. The first-order valence-electron chi connectivity index (χ1n) is 9.07. The number of para-hydroxylation sites is 1. The minimum absolute atomic E-state index is 0. The SMILES string of the molecule is CN=C(NCC1CCN(c2ccccc2)C1)NCC1(C)CCCO1.I. The Labute approximate surface area is 168 Å². The van der Waals surface area contributed by atoms with E-state index < -0.39 is 0 Å². The number of hydrogen-bond acceptors (Lipinski definition) is 3. The van der Waals surface area contributed by atoms with Crippen LogP contribution in [0.1, 0.15) is 26.2 Å². The first-order chi connectivity index (χ1) is 11.7. The smallest absolute Gasteiger partial charge is 0.191 e. The topological polar surface area (TPSA) is 48.9 Å². The zero-order valence-corrected chi connectivity index (χ0v) is 17.7. The van der Waals surface area contributed by atoms with Crippen molar-refractivity contribution < 1.29 is 4.74 Å². The number of benzene rings is 1. The zero-order valence-electron chi connectivity index (χ0n) is 15.3. The van der Waals surface area contributed by atoms with Gasteiger partial charge in [-0.15, -0.1) is 24.0 Å². The highest BCUT2D eigenvalue weighted by atomic mass is 127. The summed E-state index contributed by atoms with van der Waals surface area (Å²) in [5.41, 5.74) is 1.28. The second-order valence-corrected chi connectivity index (χ2v) is 7.14. The highest BCUT2D eigenvalue weighted by Gasteiger charge is 2.30. The number of aliphatic imine (C=N–C) groups is 1. The molecule has 5 nitrogen and oxygen atoms in total. The van der Waals surface area contributed by atoms with Crippen LogP contribution in [0.2, 0.25) is 0 Å². The third kappa shape index (κ3) is 5.74. The molecule has 140 valence electrons. The lowest BCUT2D eigenvalue weighted by atomic mass is 10.0. The maximum Gasteiger partial charge on any atom is 0.191 e. The van der Waals surface area contributed by atoms with Crippen molar-refractivity contribution in [3.63, 3.8) is 0 Å². The van der Waals surface area contributed by atoms with Gasteiger partial charge in [-0.05, 0) is 44.2 Å². The minimum atomic E-state index is -0.0465. The minimum Gasteiger partial charge on any atom is -0.373 e. The summed E-state index contributed by atoms with van der Waals surface area (Å²) in [6, 6.07) is 10.7. The predicted molar refractivity (Wildman–Crippen MR) is 115 cm³/mol. The van der Waals surface area contributed by atoms with Crippen LogP contribution in [0.25, 0.3) is 0 Å². The predicted octanol–water partition coefficient (Wildman–Crippen LogP) is 2.87. The molecule has 1 aromatic rings. The molecule has 0 bridgehead atoms. The summed E-state index contributed by atoms with van der Waals surface area (Å²) in [5.74, 6) is 1.53. The molecule has 25 heavy (non-hydrogen) atoms. The van der Waals surface area contributed by atoms with Crippen LogP contribution in [0.5, 0.6) is 0 Å². The van der Waals surface area contributed by atoms with E-state index >= 15 is 0 Å².